The van der Waals surface area contributed by atoms with Crippen LogP contribution in [0.1, 0.15) is 32.6 Å². The van der Waals surface area contributed by atoms with E-state index in [9.17, 15) is 15.0 Å². The summed E-state index contributed by atoms with van der Waals surface area (Å²) in [7, 11) is 0. The number of alkyl halides is 2. The van der Waals surface area contributed by atoms with E-state index in [4.69, 9.17) is 27.9 Å². The molecule has 7 heteroatoms. The lowest BCUT2D eigenvalue weighted by Gasteiger charge is -2.27. The van der Waals surface area contributed by atoms with Crippen LogP contribution in [0.4, 0.5) is 5.69 Å². The second kappa shape index (κ2) is 10.1. The predicted octanol–water partition coefficient (Wildman–Crippen LogP) is 3.62. The molecular formula is C23H27Cl2NO4. The summed E-state index contributed by atoms with van der Waals surface area (Å²) in [5.74, 6) is 0.0483. The number of carbonyl (C=O) groups is 1. The lowest BCUT2D eigenvalue weighted by atomic mass is 10.0. The molecule has 0 aromatic heterocycles. The van der Waals surface area contributed by atoms with Gasteiger partial charge in [0.25, 0.3) is 0 Å². The fraction of sp³-hybridized carbons (Fsp3) is 0.348. The average molecular weight is 452 g/mol. The van der Waals surface area contributed by atoms with Gasteiger partial charge >= 0.3 is 5.97 Å². The first-order valence-corrected chi connectivity index (χ1v) is 10.6. The second-order valence-corrected chi connectivity index (χ2v) is 7.96. The molecule has 0 atom stereocenters. The van der Waals surface area contributed by atoms with Gasteiger partial charge in [0, 0.05) is 41.2 Å². The highest BCUT2D eigenvalue weighted by molar-refractivity contribution is 6.18. The molecule has 5 nitrogen and oxygen atoms in total. The molecule has 2 rings (SSSR count). The quantitative estimate of drug-likeness (QED) is 0.382. The van der Waals surface area contributed by atoms with E-state index in [0.717, 1.165) is 17.4 Å². The highest BCUT2D eigenvalue weighted by Gasteiger charge is 2.20. The molecule has 0 aliphatic rings. The minimum atomic E-state index is -0.583. The Bertz CT molecular complexity index is 1030. The summed E-state index contributed by atoms with van der Waals surface area (Å²) in [4.78, 5) is 15.0. The van der Waals surface area contributed by atoms with Crippen molar-refractivity contribution >= 4 is 47.7 Å². The number of hydrogen-bond donors (Lipinski definition) is 2. The molecule has 0 radical (unpaired) electrons. The van der Waals surface area contributed by atoms with E-state index in [1.165, 1.54) is 0 Å². The van der Waals surface area contributed by atoms with Crippen LogP contribution in [-0.4, -0.2) is 41.0 Å². The Hall–Kier alpha value is -2.37. The Balaban J connectivity index is 2.56. The number of aromatic hydroxyl groups is 2. The number of anilines is 1. The molecule has 0 aliphatic heterocycles. The van der Waals surface area contributed by atoms with Crippen LogP contribution < -0.4 is 15.3 Å². The van der Waals surface area contributed by atoms with Crippen molar-refractivity contribution in [3.8, 4) is 11.5 Å². The Kier molecular flexibility index (Phi) is 8.04. The topological polar surface area (TPSA) is 70.0 Å². The van der Waals surface area contributed by atoms with Gasteiger partial charge in [0.15, 0.2) is 0 Å². The SMILES string of the molecule is C=c1c(C)c(O)c(=COC(=O)c2cc(C)cc(C)c2N(CCCl)CCCl)c(C)c1O. The van der Waals surface area contributed by atoms with E-state index in [1.54, 1.807) is 19.9 Å². The monoisotopic (exact) mass is 451 g/mol. The number of nitrogens with zero attached hydrogens (tertiary/aromatic N) is 1. The summed E-state index contributed by atoms with van der Waals surface area (Å²) < 4.78 is 5.43. The van der Waals surface area contributed by atoms with Crippen molar-refractivity contribution in [1.82, 2.24) is 0 Å². The third kappa shape index (κ3) is 4.85. The van der Waals surface area contributed by atoms with Gasteiger partial charge in [-0.05, 0) is 44.9 Å². The fourth-order valence-corrected chi connectivity index (χ4v) is 3.86. The van der Waals surface area contributed by atoms with E-state index in [2.05, 4.69) is 6.58 Å². The number of carbonyl (C=O) groups excluding carboxylic acids is 1. The molecule has 0 amide bonds. The highest BCUT2D eigenvalue weighted by atomic mass is 35.5. The summed E-state index contributed by atoms with van der Waals surface area (Å²) in [6, 6.07) is 3.73. The van der Waals surface area contributed by atoms with Crippen LogP contribution >= 0.6 is 23.2 Å². The minimum Gasteiger partial charge on any atom is -0.507 e. The molecule has 0 saturated heterocycles. The van der Waals surface area contributed by atoms with Crippen LogP contribution in [0.2, 0.25) is 0 Å². The van der Waals surface area contributed by atoms with E-state index >= 15 is 0 Å². The highest BCUT2D eigenvalue weighted by Crippen LogP contribution is 2.28. The van der Waals surface area contributed by atoms with Gasteiger partial charge in [-0.2, -0.15) is 0 Å². The minimum absolute atomic E-state index is 0.0462. The molecule has 0 spiro atoms. The average Bonchev–Trinajstić information content (AvgIpc) is 2.70. The molecule has 0 unspecified atom stereocenters. The van der Waals surface area contributed by atoms with Gasteiger partial charge in [0.2, 0.25) is 0 Å². The summed E-state index contributed by atoms with van der Waals surface area (Å²) in [6.07, 6.45) is 1.16. The van der Waals surface area contributed by atoms with Gasteiger partial charge in [0.05, 0.1) is 16.5 Å². The Morgan fingerprint density at radius 3 is 2.23 bits per heavy atom. The van der Waals surface area contributed by atoms with Crippen molar-refractivity contribution in [2.45, 2.75) is 27.7 Å². The second-order valence-electron chi connectivity index (χ2n) is 7.21. The van der Waals surface area contributed by atoms with Crippen LogP contribution in [0.25, 0.3) is 12.8 Å². The van der Waals surface area contributed by atoms with Gasteiger partial charge in [-0.3, -0.25) is 0 Å². The van der Waals surface area contributed by atoms with Crippen molar-refractivity contribution in [3.05, 3.63) is 50.4 Å². The van der Waals surface area contributed by atoms with Gasteiger partial charge < -0.3 is 19.8 Å². The Labute approximate surface area is 186 Å². The molecule has 2 aromatic rings. The maximum Gasteiger partial charge on any atom is 0.345 e. The van der Waals surface area contributed by atoms with Crippen LogP contribution in [0.3, 0.4) is 0 Å². The molecule has 0 fully saturated rings. The first kappa shape index (κ1) is 23.9. The van der Waals surface area contributed by atoms with Crippen molar-refractivity contribution < 1.29 is 19.7 Å². The summed E-state index contributed by atoms with van der Waals surface area (Å²) in [6.45, 7) is 11.9. The number of phenolic OH excluding ortho intramolecular Hbond substituents is 2. The molecule has 2 N–H and O–H groups in total. The normalized spacial score (nSPS) is 11.6. The molecule has 2 aromatic carbocycles. The molecule has 0 aliphatic carbocycles. The van der Waals surface area contributed by atoms with Crippen molar-refractivity contribution in [2.24, 2.45) is 0 Å². The molecule has 162 valence electrons. The summed E-state index contributed by atoms with van der Waals surface area (Å²) in [5, 5.41) is 21.2. The van der Waals surface area contributed by atoms with E-state index < -0.39 is 5.97 Å². The van der Waals surface area contributed by atoms with E-state index in [-0.39, 0.29) is 16.7 Å². The molecule has 0 bridgehead atoms. The predicted molar refractivity (Wildman–Crippen MR) is 123 cm³/mol. The number of rotatable bonds is 7. The number of benzene rings is 2. The van der Waals surface area contributed by atoms with Crippen LogP contribution in [0, 0.1) is 27.7 Å². The molecule has 0 saturated carbocycles. The van der Waals surface area contributed by atoms with Crippen LogP contribution in [-0.2, 0) is 4.74 Å². The van der Waals surface area contributed by atoms with Gasteiger partial charge in [-0.1, -0.05) is 12.6 Å². The largest absolute Gasteiger partial charge is 0.507 e. The molecule has 0 heterocycles. The van der Waals surface area contributed by atoms with Crippen molar-refractivity contribution in [2.75, 3.05) is 29.7 Å². The zero-order valence-electron chi connectivity index (χ0n) is 17.7. The van der Waals surface area contributed by atoms with Crippen molar-refractivity contribution in [3.63, 3.8) is 0 Å². The smallest absolute Gasteiger partial charge is 0.345 e. The van der Waals surface area contributed by atoms with Gasteiger partial charge in [-0.25, -0.2) is 4.79 Å². The Morgan fingerprint density at radius 1 is 1.07 bits per heavy atom. The van der Waals surface area contributed by atoms with Crippen molar-refractivity contribution in [1.29, 1.82) is 0 Å². The summed E-state index contributed by atoms with van der Waals surface area (Å²) in [5.41, 5.74) is 3.71. The zero-order chi connectivity index (χ0) is 22.6. The lowest BCUT2D eigenvalue weighted by molar-refractivity contribution is 0.0706. The summed E-state index contributed by atoms with van der Waals surface area (Å²) >= 11 is 11.9. The van der Waals surface area contributed by atoms with Crippen LogP contribution in [0.15, 0.2) is 12.1 Å². The first-order valence-electron chi connectivity index (χ1n) is 9.53. The zero-order valence-corrected chi connectivity index (χ0v) is 19.2. The van der Waals surface area contributed by atoms with E-state index in [1.807, 2.05) is 24.8 Å². The lowest BCUT2D eigenvalue weighted by Crippen LogP contribution is -2.30. The van der Waals surface area contributed by atoms with Crippen LogP contribution in [0.5, 0.6) is 11.5 Å². The number of aryl methyl sites for hydroxylation is 2. The number of phenols is 2. The van der Waals surface area contributed by atoms with Gasteiger partial charge in [-0.15, -0.1) is 23.2 Å². The molecular weight excluding hydrogens is 425 g/mol. The number of hydrogen-bond acceptors (Lipinski definition) is 5. The Morgan fingerprint density at radius 2 is 1.67 bits per heavy atom. The third-order valence-corrected chi connectivity index (χ3v) is 5.42. The molecule has 30 heavy (non-hydrogen) atoms. The van der Waals surface area contributed by atoms with Gasteiger partial charge in [0.1, 0.15) is 17.8 Å². The maximum atomic E-state index is 13.0. The first-order chi connectivity index (χ1) is 14.1. The number of ether oxygens (including phenoxy) is 1. The maximum absolute atomic E-state index is 13.0. The number of esters is 1. The fourth-order valence-electron chi connectivity index (χ4n) is 3.45. The number of halogens is 2. The third-order valence-electron chi connectivity index (χ3n) is 5.08. The standard InChI is InChI=1S/C23H27Cl2NO4/c1-13-10-14(2)20(26(8-6-24)9-7-25)18(11-13)23(29)30-12-19-17(5)21(27)15(3)16(4)22(19)28/h10-12,27-28H,3,6-9H2,1-2,4-5H3. The van der Waals surface area contributed by atoms with E-state index in [0.29, 0.717) is 52.4 Å².